The average Bonchev–Trinajstić information content (AvgIpc) is 2.53. The Hall–Kier alpha value is -0.470. The normalized spacial score (nSPS) is 11.6. The summed E-state index contributed by atoms with van der Waals surface area (Å²) < 4.78 is 92.2. The summed E-state index contributed by atoms with van der Waals surface area (Å²) in [5.74, 6) is -13.3. The zero-order valence-corrected chi connectivity index (χ0v) is 19.4. The molecule has 0 aliphatic carbocycles. The minimum atomic E-state index is -4.99. The van der Waals surface area contributed by atoms with Crippen LogP contribution in [0.1, 0.15) is 10.4 Å². The molecule has 0 atom stereocenters. The highest BCUT2D eigenvalue weighted by Crippen LogP contribution is 2.37. The molecule has 27 heavy (non-hydrogen) atoms. The lowest BCUT2D eigenvalue weighted by molar-refractivity contribution is 0.0720. The second kappa shape index (κ2) is 8.11. The number of aromatic hydroxyl groups is 1. The maximum absolute atomic E-state index is 13.8. The van der Waals surface area contributed by atoms with Crippen LogP contribution in [0, 0.1) is 34.0 Å². The van der Waals surface area contributed by atoms with Crippen molar-refractivity contribution in [1.29, 1.82) is 0 Å². The maximum Gasteiger partial charge on any atom is 0.350 e. The van der Waals surface area contributed by atoms with E-state index in [0.717, 1.165) is 6.07 Å². The lowest BCUT2D eigenvalue weighted by atomic mass is 10.1. The Morgan fingerprint density at radius 1 is 1.00 bits per heavy atom. The number of carbonyl (C=O) groups is 1. The van der Waals surface area contributed by atoms with Crippen molar-refractivity contribution < 1.29 is 45.2 Å². The first kappa shape index (κ1) is 22.8. The predicted octanol–water partition coefficient (Wildman–Crippen LogP) is 3.89. The summed E-state index contributed by atoms with van der Waals surface area (Å²) in [6, 6.07) is 1.15. The molecule has 0 heterocycles. The maximum atomic E-state index is 13.8. The van der Waals surface area contributed by atoms with E-state index in [1.165, 1.54) is 22.6 Å². The summed E-state index contributed by atoms with van der Waals surface area (Å²) in [5, 5.41) is 9.43. The van der Waals surface area contributed by atoms with Crippen LogP contribution in [0.3, 0.4) is 0 Å². The van der Waals surface area contributed by atoms with Gasteiger partial charge in [0.15, 0.2) is 23.1 Å². The fraction of sp³-hybridized carbons (Fsp3) is 0. The van der Waals surface area contributed by atoms with Crippen molar-refractivity contribution in [2.75, 3.05) is 0 Å². The summed E-state index contributed by atoms with van der Waals surface area (Å²) in [6.45, 7) is 0. The number of phenols is 1. The van der Waals surface area contributed by atoms with Crippen LogP contribution in [0.25, 0.3) is 0 Å². The SMILES string of the molecule is O=C(Oc1c(I)cc(I)c(S(=O)(=O)[O-])c1I)c1c(O)c(F)c(F)c(F)c1F. The molecule has 1 N–H and O–H groups in total. The highest BCUT2D eigenvalue weighted by molar-refractivity contribution is 14.1. The number of ether oxygens (including phenoxy) is 1. The van der Waals surface area contributed by atoms with E-state index in [1.807, 2.05) is 0 Å². The quantitative estimate of drug-likeness (QED) is 0.0975. The van der Waals surface area contributed by atoms with Crippen LogP contribution in [0.15, 0.2) is 11.0 Å². The Morgan fingerprint density at radius 3 is 2.04 bits per heavy atom. The molecule has 0 spiro atoms. The van der Waals surface area contributed by atoms with Gasteiger partial charge in [0.25, 0.3) is 0 Å². The van der Waals surface area contributed by atoms with E-state index in [2.05, 4.69) is 0 Å². The number of phenolic OH excluding ortho intramolecular Hbond substituents is 1. The molecule has 2 aromatic rings. The first-order valence-corrected chi connectivity index (χ1v) is 10.8. The monoisotopic (exact) mass is 743 g/mol. The number of hydrogen-bond donors (Lipinski definition) is 1. The van der Waals surface area contributed by atoms with Gasteiger partial charge in [-0.05, 0) is 73.8 Å². The zero-order valence-electron chi connectivity index (χ0n) is 12.1. The van der Waals surface area contributed by atoms with Crippen LogP contribution >= 0.6 is 67.8 Å². The average molecular weight is 743 g/mol. The van der Waals surface area contributed by atoms with Crippen molar-refractivity contribution in [1.82, 2.24) is 0 Å². The second-order valence-electron chi connectivity index (χ2n) is 4.64. The smallest absolute Gasteiger partial charge is 0.350 e. The molecule has 0 aliphatic heterocycles. The van der Waals surface area contributed by atoms with Crippen molar-refractivity contribution in [3.05, 3.63) is 45.6 Å². The molecular weight excluding hydrogens is 741 g/mol. The van der Waals surface area contributed by atoms with Crippen LogP contribution in [0.5, 0.6) is 11.5 Å². The van der Waals surface area contributed by atoms with Gasteiger partial charge in [-0.2, -0.15) is 4.39 Å². The number of hydrogen-bond acceptors (Lipinski definition) is 6. The zero-order chi connectivity index (χ0) is 20.8. The van der Waals surface area contributed by atoms with E-state index in [-0.39, 0.29) is 10.7 Å². The molecule has 0 aromatic heterocycles. The molecular formula is C13H2F4I3O6S-. The molecule has 6 nitrogen and oxygen atoms in total. The molecule has 0 saturated carbocycles. The van der Waals surface area contributed by atoms with Crippen molar-refractivity contribution in [3.63, 3.8) is 0 Å². The number of carbonyl (C=O) groups excluding carboxylic acids is 1. The Balaban J connectivity index is 2.65. The van der Waals surface area contributed by atoms with E-state index in [0.29, 0.717) is 0 Å². The molecule has 0 amide bonds. The Kier molecular flexibility index (Phi) is 6.85. The molecule has 0 unspecified atom stereocenters. The molecule has 0 saturated heterocycles. The van der Waals surface area contributed by atoms with Crippen molar-refractivity contribution in [3.8, 4) is 11.5 Å². The lowest BCUT2D eigenvalue weighted by Crippen LogP contribution is -2.17. The Bertz CT molecular complexity index is 1060. The fourth-order valence-electron chi connectivity index (χ4n) is 1.83. The van der Waals surface area contributed by atoms with E-state index in [1.54, 1.807) is 45.2 Å². The van der Waals surface area contributed by atoms with Gasteiger partial charge in [0.1, 0.15) is 15.7 Å². The second-order valence-corrected chi connectivity index (χ2v) is 9.36. The summed E-state index contributed by atoms with van der Waals surface area (Å²) in [5.41, 5.74) is -1.64. The van der Waals surface area contributed by atoms with Crippen LogP contribution in [-0.2, 0) is 10.1 Å². The molecule has 0 fully saturated rings. The van der Waals surface area contributed by atoms with Gasteiger partial charge < -0.3 is 14.4 Å². The lowest BCUT2D eigenvalue weighted by Gasteiger charge is -2.17. The van der Waals surface area contributed by atoms with Gasteiger partial charge in [-0.25, -0.2) is 26.4 Å². The fourth-order valence-corrected chi connectivity index (χ4v) is 7.65. The van der Waals surface area contributed by atoms with Gasteiger partial charge >= 0.3 is 5.97 Å². The van der Waals surface area contributed by atoms with Crippen LogP contribution in [-0.4, -0.2) is 24.0 Å². The van der Waals surface area contributed by atoms with Crippen molar-refractivity contribution in [2.45, 2.75) is 4.90 Å². The number of halogens is 7. The standard InChI is InChI=1S/C13H3F4I3O6S/c14-5-4(10(21)8(17)7(16)6(5)15)13(22)26-11-2(18)1-3(19)12(9(11)20)27(23,24)25/h1,21H,(H,23,24,25)/p-1. The Morgan fingerprint density at radius 2 is 1.52 bits per heavy atom. The third-order valence-electron chi connectivity index (χ3n) is 2.98. The molecule has 146 valence electrons. The molecule has 0 bridgehead atoms. The van der Waals surface area contributed by atoms with E-state index in [9.17, 15) is 40.4 Å². The summed E-state index contributed by atoms with van der Waals surface area (Å²) in [6.07, 6.45) is 0. The molecule has 0 aliphatic rings. The van der Waals surface area contributed by atoms with Crippen molar-refractivity contribution >= 4 is 83.9 Å². The largest absolute Gasteiger partial charge is 0.744 e. The van der Waals surface area contributed by atoms with Gasteiger partial charge in [0.05, 0.1) is 12.0 Å². The van der Waals surface area contributed by atoms with Gasteiger partial charge in [-0.3, -0.25) is 0 Å². The topological polar surface area (TPSA) is 104 Å². The van der Waals surface area contributed by atoms with Gasteiger partial charge in [0, 0.05) is 3.57 Å². The van der Waals surface area contributed by atoms with Crippen LogP contribution in [0.4, 0.5) is 17.6 Å². The van der Waals surface area contributed by atoms with E-state index < -0.39 is 61.3 Å². The molecule has 2 aromatic carbocycles. The number of benzene rings is 2. The molecule has 2 rings (SSSR count). The third-order valence-corrected chi connectivity index (χ3v) is 7.31. The minimum Gasteiger partial charge on any atom is -0.744 e. The van der Waals surface area contributed by atoms with Gasteiger partial charge in [-0.1, -0.05) is 0 Å². The van der Waals surface area contributed by atoms with Gasteiger partial charge in [-0.15, -0.1) is 0 Å². The molecule has 0 radical (unpaired) electrons. The number of rotatable bonds is 3. The highest BCUT2D eigenvalue weighted by Gasteiger charge is 2.32. The summed E-state index contributed by atoms with van der Waals surface area (Å²) in [4.78, 5) is 11.4. The van der Waals surface area contributed by atoms with E-state index in [4.69, 9.17) is 4.74 Å². The van der Waals surface area contributed by atoms with Crippen LogP contribution in [0.2, 0.25) is 0 Å². The Labute approximate surface area is 189 Å². The summed E-state index contributed by atoms with van der Waals surface area (Å²) in [7, 11) is -4.99. The van der Waals surface area contributed by atoms with E-state index >= 15 is 0 Å². The number of esters is 1. The van der Waals surface area contributed by atoms with Crippen LogP contribution < -0.4 is 4.74 Å². The van der Waals surface area contributed by atoms with Gasteiger partial charge in [0.2, 0.25) is 11.6 Å². The first-order valence-electron chi connectivity index (χ1n) is 6.19. The predicted molar refractivity (Wildman–Crippen MR) is 105 cm³/mol. The molecule has 14 heteroatoms. The highest BCUT2D eigenvalue weighted by atomic mass is 127. The third kappa shape index (κ3) is 4.27. The van der Waals surface area contributed by atoms with Crippen molar-refractivity contribution in [2.24, 2.45) is 0 Å². The minimum absolute atomic E-state index is 0.00379. The summed E-state index contributed by atoms with van der Waals surface area (Å²) >= 11 is 4.52. The first-order chi connectivity index (χ1) is 12.3.